The Labute approximate surface area is 240 Å². The van der Waals surface area contributed by atoms with E-state index in [2.05, 4.69) is 35.0 Å². The van der Waals surface area contributed by atoms with Crippen LogP contribution in [0.5, 0.6) is 0 Å². The third-order valence-electron chi connectivity index (χ3n) is 6.70. The molecule has 0 aliphatic carbocycles. The van der Waals surface area contributed by atoms with Crippen LogP contribution in [-0.2, 0) is 7.05 Å². The van der Waals surface area contributed by atoms with E-state index in [1.165, 1.54) is 0 Å². The van der Waals surface area contributed by atoms with Gasteiger partial charge in [-0.2, -0.15) is 4.57 Å². The molecule has 0 bridgehead atoms. The summed E-state index contributed by atoms with van der Waals surface area (Å²) >= 11 is 0. The molecule has 0 amide bonds. The molecule has 4 aromatic rings. The van der Waals surface area contributed by atoms with Crippen molar-refractivity contribution < 1.29 is 37.4 Å². The largest absolute Gasteiger partial charge is 1.00 e. The molecule has 0 aliphatic heterocycles. The van der Waals surface area contributed by atoms with Crippen molar-refractivity contribution in [1.29, 1.82) is 0 Å². The summed E-state index contributed by atoms with van der Waals surface area (Å²) in [5.74, 6) is -0.265. The maximum Gasteiger partial charge on any atom is 0.343 e. The van der Waals surface area contributed by atoms with Gasteiger partial charge < -0.3 is 43.5 Å². The normalized spacial score (nSPS) is 11.4. The molecule has 0 radical (unpaired) electrons. The molecule has 0 fully saturated rings. The molecule has 0 spiro atoms. The van der Waals surface area contributed by atoms with Gasteiger partial charge in [0.2, 0.25) is 11.2 Å². The summed E-state index contributed by atoms with van der Waals surface area (Å²) in [6.45, 7) is 7.60. The van der Waals surface area contributed by atoms with Crippen molar-refractivity contribution in [1.82, 2.24) is 4.90 Å². The van der Waals surface area contributed by atoms with Crippen LogP contribution in [0.3, 0.4) is 0 Å². The Morgan fingerprint density at radius 2 is 1.74 bits per heavy atom. The molecule has 2 aromatic carbocycles. The van der Waals surface area contributed by atoms with Crippen LogP contribution in [0.25, 0.3) is 34.0 Å². The molecule has 1 N–H and O–H groups in total. The van der Waals surface area contributed by atoms with Gasteiger partial charge in [-0.15, -0.1) is 0 Å². The number of benzene rings is 2. The van der Waals surface area contributed by atoms with E-state index in [1.54, 1.807) is 12.1 Å². The van der Waals surface area contributed by atoms with E-state index < -0.39 is 0 Å². The fourth-order valence-electron chi connectivity index (χ4n) is 4.54. The van der Waals surface area contributed by atoms with Crippen molar-refractivity contribution in [2.45, 2.75) is 20.3 Å². The Morgan fingerprint density at radius 3 is 2.45 bits per heavy atom. The highest BCUT2D eigenvalue weighted by Gasteiger charge is 2.14. The lowest BCUT2D eigenvalue weighted by molar-refractivity contribution is -0.646. The maximum absolute atomic E-state index is 14.6. The maximum atomic E-state index is 14.6. The van der Waals surface area contributed by atoms with E-state index in [0.29, 0.717) is 23.4 Å². The van der Waals surface area contributed by atoms with Crippen LogP contribution in [0, 0.1) is 5.82 Å². The quantitative estimate of drug-likeness (QED) is 0.126. The van der Waals surface area contributed by atoms with Gasteiger partial charge in [-0.25, -0.2) is 9.18 Å². The molecule has 0 atom stereocenters. The first-order valence-electron chi connectivity index (χ1n) is 12.8. The SMILES string of the molecule is CCN(CC)c1ccc2cc(/C=C/c3ccc4cc(F)c(NCCCN(C)C)cc4[n+]3C)c(=O)oc2c1.[I-]. The molecular weight excluding hydrogens is 594 g/mol. The van der Waals surface area contributed by atoms with Gasteiger partial charge in [0.1, 0.15) is 18.4 Å². The topological polar surface area (TPSA) is 52.6 Å². The molecule has 4 rings (SSSR count). The summed E-state index contributed by atoms with van der Waals surface area (Å²) < 4.78 is 22.3. The number of hydrogen-bond acceptors (Lipinski definition) is 5. The van der Waals surface area contributed by atoms with E-state index >= 15 is 0 Å². The van der Waals surface area contributed by atoms with Crippen molar-refractivity contribution >= 4 is 45.4 Å². The molecule has 0 saturated heterocycles. The lowest BCUT2D eigenvalue weighted by Crippen LogP contribution is -3.00. The Morgan fingerprint density at radius 1 is 1.00 bits per heavy atom. The second kappa shape index (κ2) is 13.2. The molecule has 6 nitrogen and oxygen atoms in total. The number of fused-ring (bicyclic) bond motifs is 2. The first-order valence-corrected chi connectivity index (χ1v) is 12.8. The van der Waals surface area contributed by atoms with Crippen LogP contribution in [-0.4, -0.2) is 45.2 Å². The summed E-state index contributed by atoms with van der Waals surface area (Å²) in [7, 11) is 5.99. The first kappa shape index (κ1) is 29.6. The third-order valence-corrected chi connectivity index (χ3v) is 6.70. The second-order valence-electron chi connectivity index (χ2n) is 9.51. The highest BCUT2D eigenvalue weighted by Crippen LogP contribution is 2.24. The zero-order valence-electron chi connectivity index (χ0n) is 22.7. The minimum absolute atomic E-state index is 0. The smallest absolute Gasteiger partial charge is 0.343 e. The van der Waals surface area contributed by atoms with Crippen molar-refractivity contribution in [3.05, 3.63) is 76.0 Å². The lowest BCUT2D eigenvalue weighted by atomic mass is 10.1. The zero-order valence-corrected chi connectivity index (χ0v) is 24.9. The molecular formula is C30H36FIN4O2. The summed E-state index contributed by atoms with van der Waals surface area (Å²) in [5.41, 5.74) is 3.98. The number of halogens is 2. The highest BCUT2D eigenvalue weighted by atomic mass is 127. The molecule has 0 unspecified atom stereocenters. The van der Waals surface area contributed by atoms with E-state index in [1.807, 2.05) is 68.2 Å². The van der Waals surface area contributed by atoms with E-state index in [4.69, 9.17) is 4.42 Å². The standard InChI is InChI=1S/C30H35FN4O2.HI/c1-6-35(7-2)25-14-10-22-17-23(30(36)37-29(22)19-25)11-13-24-12-9-21-18-26(31)27(20-28(21)34(24)5)32-15-8-16-33(3)4;/h9-14,17-20H,6-8,15-16H2,1-5H3;1H/b13-11+;. The molecule has 202 valence electrons. The van der Waals surface area contributed by atoms with Gasteiger partial charge in [-0.1, -0.05) is 0 Å². The van der Waals surface area contributed by atoms with Gasteiger partial charge in [0.25, 0.3) is 0 Å². The summed E-state index contributed by atoms with van der Waals surface area (Å²) in [6, 6.07) is 15.0. The number of aromatic nitrogens is 1. The van der Waals surface area contributed by atoms with Crippen LogP contribution >= 0.6 is 0 Å². The Hall–Kier alpha value is -2.98. The van der Waals surface area contributed by atoms with Crippen LogP contribution in [0.2, 0.25) is 0 Å². The van der Waals surface area contributed by atoms with Crippen LogP contribution in [0.15, 0.2) is 57.7 Å². The van der Waals surface area contributed by atoms with Gasteiger partial charge in [0.05, 0.1) is 11.3 Å². The molecule has 38 heavy (non-hydrogen) atoms. The second-order valence-corrected chi connectivity index (χ2v) is 9.51. The minimum atomic E-state index is -0.379. The van der Waals surface area contributed by atoms with Crippen molar-refractivity contribution in [2.75, 3.05) is 50.5 Å². The van der Waals surface area contributed by atoms with E-state index in [0.717, 1.165) is 53.7 Å². The minimum Gasteiger partial charge on any atom is -1.00 e. The number of nitrogens with one attached hydrogen (secondary N) is 1. The summed E-state index contributed by atoms with van der Waals surface area (Å²) in [5, 5.41) is 4.90. The average Bonchev–Trinajstić information content (AvgIpc) is 2.87. The van der Waals surface area contributed by atoms with Gasteiger partial charge in [0.15, 0.2) is 0 Å². The average molecular weight is 631 g/mol. The number of rotatable bonds is 10. The van der Waals surface area contributed by atoms with Gasteiger partial charge in [0, 0.05) is 60.4 Å². The predicted molar refractivity (Wildman–Crippen MR) is 152 cm³/mol. The van der Waals surface area contributed by atoms with Crippen LogP contribution in [0.4, 0.5) is 15.8 Å². The third kappa shape index (κ3) is 6.71. The molecule has 2 heterocycles. The Balaban J connectivity index is 0.00000400. The van der Waals surface area contributed by atoms with Gasteiger partial charge >= 0.3 is 5.63 Å². The number of aryl methyl sites for hydroxylation is 1. The Bertz CT molecular complexity index is 1500. The van der Waals surface area contributed by atoms with E-state index in [9.17, 15) is 9.18 Å². The number of hydrogen-bond donors (Lipinski definition) is 1. The van der Waals surface area contributed by atoms with Gasteiger partial charge in [-0.3, -0.25) is 0 Å². The fourth-order valence-corrected chi connectivity index (χ4v) is 4.54. The molecule has 8 heteroatoms. The molecule has 0 aliphatic rings. The van der Waals surface area contributed by atoms with Crippen LogP contribution < -0.4 is 44.4 Å². The Kier molecular flexibility index (Phi) is 10.3. The first-order chi connectivity index (χ1) is 17.8. The number of nitrogens with zero attached hydrogens (tertiary/aromatic N) is 3. The van der Waals surface area contributed by atoms with Crippen LogP contribution in [0.1, 0.15) is 31.5 Å². The predicted octanol–water partition coefficient (Wildman–Crippen LogP) is 2.29. The van der Waals surface area contributed by atoms with Crippen molar-refractivity contribution in [3.8, 4) is 0 Å². The summed E-state index contributed by atoms with van der Waals surface area (Å²) in [6.07, 6.45) is 4.58. The molecule has 0 saturated carbocycles. The monoisotopic (exact) mass is 630 g/mol. The number of anilines is 2. The number of pyridine rings is 1. The van der Waals surface area contributed by atoms with Crippen molar-refractivity contribution in [2.24, 2.45) is 7.05 Å². The highest BCUT2D eigenvalue weighted by molar-refractivity contribution is 5.84. The lowest BCUT2D eigenvalue weighted by Gasteiger charge is -2.20. The van der Waals surface area contributed by atoms with Gasteiger partial charge in [-0.05, 0) is 77.3 Å². The van der Waals surface area contributed by atoms with Crippen molar-refractivity contribution in [3.63, 3.8) is 0 Å². The fraction of sp³-hybridized carbons (Fsp3) is 0.333. The molecule has 2 aromatic heterocycles. The summed E-state index contributed by atoms with van der Waals surface area (Å²) in [4.78, 5) is 17.0. The van der Waals surface area contributed by atoms with E-state index in [-0.39, 0.29) is 35.4 Å². The zero-order chi connectivity index (χ0) is 26.5.